The van der Waals surface area contributed by atoms with E-state index in [4.69, 9.17) is 6.42 Å². The molecule has 0 amide bonds. The Morgan fingerprint density at radius 3 is 2.76 bits per heavy atom. The third-order valence-corrected chi connectivity index (χ3v) is 3.15. The van der Waals surface area contributed by atoms with Crippen molar-refractivity contribution in [2.75, 3.05) is 11.9 Å². The fourth-order valence-electron chi connectivity index (χ4n) is 2.07. The normalized spacial score (nSPS) is 10.4. The topological polar surface area (TPSA) is 94.1 Å². The molecule has 0 spiro atoms. The van der Waals surface area contributed by atoms with Crippen molar-refractivity contribution in [1.82, 2.24) is 10.3 Å². The molecule has 2 rings (SSSR count). The highest BCUT2D eigenvalue weighted by molar-refractivity contribution is 5.93. The third-order valence-electron chi connectivity index (χ3n) is 3.15. The number of nitro benzene ring substituents is 1. The second kappa shape index (κ2) is 7.24. The number of anilines is 1. The molecule has 0 aliphatic carbocycles. The summed E-state index contributed by atoms with van der Waals surface area (Å²) in [6.45, 7) is 0.760. The Kier molecular flexibility index (Phi) is 5.10. The molecule has 0 saturated heterocycles. The van der Waals surface area contributed by atoms with Crippen LogP contribution in [0.3, 0.4) is 0 Å². The van der Waals surface area contributed by atoms with E-state index in [1.807, 2.05) is 0 Å². The van der Waals surface area contributed by atoms with E-state index in [2.05, 4.69) is 26.2 Å². The van der Waals surface area contributed by atoms with Crippen molar-refractivity contribution < 1.29 is 9.55 Å². The van der Waals surface area contributed by atoms with Gasteiger partial charge in [-0.25, -0.2) is 4.63 Å². The molecule has 0 atom stereocenters. The van der Waals surface area contributed by atoms with Gasteiger partial charge in [-0.2, -0.15) is 0 Å². The molecule has 0 bridgehead atoms. The fourth-order valence-corrected chi connectivity index (χ4v) is 2.07. The first-order chi connectivity index (χ1) is 10.2. The SMILES string of the molecule is C#CCCCCCCNc1ccc([N+](=O)[O-])c2nonc12. The molecule has 7 nitrogen and oxygen atoms in total. The van der Waals surface area contributed by atoms with Crippen LogP contribution in [0.15, 0.2) is 16.8 Å². The zero-order chi connectivity index (χ0) is 15.1. The summed E-state index contributed by atoms with van der Waals surface area (Å²) < 4.78 is 4.60. The summed E-state index contributed by atoms with van der Waals surface area (Å²) in [6.07, 6.45) is 10.2. The minimum absolute atomic E-state index is 0.105. The van der Waals surface area contributed by atoms with Crippen LogP contribution in [0.25, 0.3) is 11.0 Å². The number of rotatable bonds is 8. The van der Waals surface area contributed by atoms with E-state index in [0.29, 0.717) is 11.2 Å². The predicted octanol–water partition coefficient (Wildman–Crippen LogP) is 3.13. The molecule has 1 aromatic heterocycles. The second-order valence-corrected chi connectivity index (χ2v) is 4.65. The maximum atomic E-state index is 10.9. The molecular formula is C14H16N4O3. The summed E-state index contributed by atoms with van der Waals surface area (Å²) in [5.74, 6) is 2.62. The van der Waals surface area contributed by atoms with E-state index >= 15 is 0 Å². The molecule has 1 N–H and O–H groups in total. The zero-order valence-corrected chi connectivity index (χ0v) is 11.5. The molecule has 0 saturated carbocycles. The van der Waals surface area contributed by atoms with Crippen LogP contribution < -0.4 is 5.32 Å². The average molecular weight is 288 g/mol. The van der Waals surface area contributed by atoms with E-state index in [1.54, 1.807) is 6.07 Å². The molecule has 0 fully saturated rings. The highest BCUT2D eigenvalue weighted by atomic mass is 16.6. The van der Waals surface area contributed by atoms with Crippen LogP contribution in [0.2, 0.25) is 0 Å². The van der Waals surface area contributed by atoms with Crippen molar-refractivity contribution in [3.05, 3.63) is 22.2 Å². The van der Waals surface area contributed by atoms with Gasteiger partial charge in [-0.15, -0.1) is 12.3 Å². The molecule has 0 radical (unpaired) electrons. The number of unbranched alkanes of at least 4 members (excludes halogenated alkanes) is 4. The van der Waals surface area contributed by atoms with Crippen LogP contribution in [0.1, 0.15) is 32.1 Å². The Bertz CT molecular complexity index is 660. The average Bonchev–Trinajstić information content (AvgIpc) is 2.95. The molecule has 1 aromatic carbocycles. The number of nitrogens with one attached hydrogen (secondary N) is 1. The lowest BCUT2D eigenvalue weighted by Crippen LogP contribution is -2.02. The van der Waals surface area contributed by atoms with Gasteiger partial charge in [0.15, 0.2) is 5.52 Å². The van der Waals surface area contributed by atoms with Gasteiger partial charge in [0.25, 0.3) is 0 Å². The molecule has 7 heteroatoms. The van der Waals surface area contributed by atoms with Crippen molar-refractivity contribution in [3.8, 4) is 12.3 Å². The quantitative estimate of drug-likeness (QED) is 0.347. The minimum atomic E-state index is -0.498. The van der Waals surface area contributed by atoms with Crippen LogP contribution in [0.5, 0.6) is 0 Å². The van der Waals surface area contributed by atoms with E-state index < -0.39 is 4.92 Å². The lowest BCUT2D eigenvalue weighted by molar-refractivity contribution is -0.383. The summed E-state index contributed by atoms with van der Waals surface area (Å²) >= 11 is 0. The van der Waals surface area contributed by atoms with Gasteiger partial charge in [-0.3, -0.25) is 10.1 Å². The van der Waals surface area contributed by atoms with Gasteiger partial charge in [0, 0.05) is 19.0 Å². The number of terminal acetylenes is 1. The molecule has 21 heavy (non-hydrogen) atoms. The lowest BCUT2D eigenvalue weighted by atomic mass is 10.1. The molecule has 110 valence electrons. The van der Waals surface area contributed by atoms with Crippen LogP contribution in [-0.2, 0) is 0 Å². The zero-order valence-electron chi connectivity index (χ0n) is 11.5. The van der Waals surface area contributed by atoms with Crippen molar-refractivity contribution in [2.24, 2.45) is 0 Å². The number of nitrogens with zero attached hydrogens (tertiary/aromatic N) is 3. The number of fused-ring (bicyclic) bond motifs is 1. The van der Waals surface area contributed by atoms with Crippen molar-refractivity contribution >= 4 is 22.4 Å². The Balaban J connectivity index is 1.91. The Morgan fingerprint density at radius 1 is 1.24 bits per heavy atom. The maximum Gasteiger partial charge on any atom is 0.300 e. The summed E-state index contributed by atoms with van der Waals surface area (Å²) in [7, 11) is 0. The van der Waals surface area contributed by atoms with Gasteiger partial charge < -0.3 is 5.32 Å². The molecule has 1 heterocycles. The molecule has 0 aliphatic heterocycles. The summed E-state index contributed by atoms with van der Waals surface area (Å²) in [6, 6.07) is 3.03. The Morgan fingerprint density at radius 2 is 2.00 bits per heavy atom. The number of hydrogen-bond acceptors (Lipinski definition) is 6. The maximum absolute atomic E-state index is 10.9. The third kappa shape index (κ3) is 3.69. The highest BCUT2D eigenvalue weighted by Gasteiger charge is 2.19. The van der Waals surface area contributed by atoms with E-state index in [-0.39, 0.29) is 11.2 Å². The predicted molar refractivity (Wildman–Crippen MR) is 78.9 cm³/mol. The standard InChI is InChI=1S/C14H16N4O3/c1-2-3-4-5-6-7-10-15-11-8-9-12(18(19)20)14-13(11)16-21-17-14/h1,8-9,15H,3-7,10H2. The number of nitro groups is 1. The summed E-state index contributed by atoms with van der Waals surface area (Å²) in [4.78, 5) is 10.4. The fraction of sp³-hybridized carbons (Fsp3) is 0.429. The van der Waals surface area contributed by atoms with Crippen LogP contribution >= 0.6 is 0 Å². The van der Waals surface area contributed by atoms with Crippen molar-refractivity contribution in [3.63, 3.8) is 0 Å². The molecule has 2 aromatic rings. The number of aromatic nitrogens is 2. The van der Waals surface area contributed by atoms with Gasteiger partial charge >= 0.3 is 5.69 Å². The Hall–Kier alpha value is -2.62. The highest BCUT2D eigenvalue weighted by Crippen LogP contribution is 2.28. The van der Waals surface area contributed by atoms with E-state index in [0.717, 1.165) is 38.6 Å². The first kappa shape index (κ1) is 14.8. The van der Waals surface area contributed by atoms with Gasteiger partial charge in [-0.1, -0.05) is 12.8 Å². The van der Waals surface area contributed by atoms with Gasteiger partial charge in [0.1, 0.15) is 0 Å². The van der Waals surface area contributed by atoms with Crippen LogP contribution in [-0.4, -0.2) is 21.8 Å². The molecule has 0 unspecified atom stereocenters. The van der Waals surface area contributed by atoms with Gasteiger partial charge in [0.05, 0.1) is 10.6 Å². The number of benzene rings is 1. The first-order valence-corrected chi connectivity index (χ1v) is 6.81. The van der Waals surface area contributed by atoms with E-state index in [9.17, 15) is 10.1 Å². The van der Waals surface area contributed by atoms with Crippen LogP contribution in [0.4, 0.5) is 11.4 Å². The minimum Gasteiger partial charge on any atom is -0.383 e. The van der Waals surface area contributed by atoms with Crippen molar-refractivity contribution in [1.29, 1.82) is 0 Å². The van der Waals surface area contributed by atoms with E-state index in [1.165, 1.54) is 6.07 Å². The smallest absolute Gasteiger partial charge is 0.300 e. The largest absolute Gasteiger partial charge is 0.383 e. The number of non-ortho nitro benzene ring substituents is 1. The van der Waals surface area contributed by atoms with Crippen LogP contribution in [0, 0.1) is 22.5 Å². The second-order valence-electron chi connectivity index (χ2n) is 4.65. The summed E-state index contributed by atoms with van der Waals surface area (Å²) in [5.41, 5.74) is 1.14. The van der Waals surface area contributed by atoms with Crippen molar-refractivity contribution in [2.45, 2.75) is 32.1 Å². The lowest BCUT2D eigenvalue weighted by Gasteiger charge is -2.06. The molecule has 0 aliphatic rings. The first-order valence-electron chi connectivity index (χ1n) is 6.81. The summed E-state index contributed by atoms with van der Waals surface area (Å²) in [5, 5.41) is 21.4. The van der Waals surface area contributed by atoms with Gasteiger partial charge in [0.2, 0.25) is 5.52 Å². The monoisotopic (exact) mass is 288 g/mol. The van der Waals surface area contributed by atoms with Gasteiger partial charge in [-0.05, 0) is 29.2 Å². The number of hydrogen-bond donors (Lipinski definition) is 1. The Labute approximate surface area is 121 Å². The molecular weight excluding hydrogens is 272 g/mol.